The van der Waals surface area contributed by atoms with Gasteiger partial charge >= 0.3 is 0 Å². The zero-order valence-corrected chi connectivity index (χ0v) is 18.8. The van der Waals surface area contributed by atoms with Crippen LogP contribution in [0, 0.1) is 0 Å². The molecule has 1 heterocycles. The first-order valence-electron chi connectivity index (χ1n) is 10.6. The molecule has 0 radical (unpaired) electrons. The van der Waals surface area contributed by atoms with Gasteiger partial charge in [0, 0.05) is 11.8 Å². The molecule has 4 aromatic rings. The summed E-state index contributed by atoms with van der Waals surface area (Å²) in [5.41, 5.74) is 2.02. The molecule has 31 heavy (non-hydrogen) atoms. The lowest BCUT2D eigenvalue weighted by molar-refractivity contribution is 1.04. The summed E-state index contributed by atoms with van der Waals surface area (Å²) in [7, 11) is -2.10. The minimum absolute atomic E-state index is 0.201. The molecule has 0 spiro atoms. The Morgan fingerprint density at radius 1 is 0.774 bits per heavy atom. The summed E-state index contributed by atoms with van der Waals surface area (Å²) in [4.78, 5) is 15.4. The van der Waals surface area contributed by atoms with E-state index in [1.54, 1.807) is 0 Å². The van der Waals surface area contributed by atoms with E-state index in [0.717, 1.165) is 24.6 Å². The number of benzene rings is 3. The third-order valence-corrected chi connectivity index (χ3v) is 10.9. The third kappa shape index (κ3) is 3.76. The summed E-state index contributed by atoms with van der Waals surface area (Å²) >= 11 is 6.71. The van der Waals surface area contributed by atoms with E-state index in [2.05, 4.69) is 96.0 Å². The Morgan fingerprint density at radius 2 is 1.23 bits per heavy atom. The van der Waals surface area contributed by atoms with E-state index >= 15 is 0 Å². The summed E-state index contributed by atoms with van der Waals surface area (Å²) in [5, 5.41) is 4.23. The first-order valence-corrected chi connectivity index (χ1v) is 13.0. The van der Waals surface area contributed by atoms with Crippen LogP contribution in [0.5, 0.6) is 0 Å². The highest BCUT2D eigenvalue weighted by Gasteiger charge is 2.47. The largest absolute Gasteiger partial charge is 0.328 e. The maximum Gasteiger partial charge on any atom is 0.267 e. The molecule has 3 aromatic carbocycles. The van der Waals surface area contributed by atoms with Gasteiger partial charge in [-0.05, 0) is 60.7 Å². The van der Waals surface area contributed by atoms with Crippen molar-refractivity contribution in [3.8, 4) is 0 Å². The predicted molar refractivity (Wildman–Crippen MR) is 133 cm³/mol. The average Bonchev–Trinajstić information content (AvgIpc) is 3.67. The van der Waals surface area contributed by atoms with Crippen LogP contribution in [0.3, 0.4) is 0 Å². The van der Waals surface area contributed by atoms with Crippen LogP contribution in [0.2, 0.25) is 5.02 Å². The highest BCUT2D eigenvalue weighted by Crippen LogP contribution is 2.59. The van der Waals surface area contributed by atoms with Gasteiger partial charge in [0.25, 0.3) is 5.56 Å². The number of H-pyrrole nitrogens is 1. The number of hydrogen-bond donors (Lipinski definition) is 1. The van der Waals surface area contributed by atoms with E-state index in [1.165, 1.54) is 21.5 Å². The maximum absolute atomic E-state index is 12.6. The van der Waals surface area contributed by atoms with Gasteiger partial charge in [0.2, 0.25) is 0 Å². The third-order valence-electron chi connectivity index (χ3n) is 6.17. The van der Waals surface area contributed by atoms with Gasteiger partial charge in [-0.25, -0.2) is 0 Å². The van der Waals surface area contributed by atoms with E-state index in [0.29, 0.717) is 10.9 Å². The lowest BCUT2D eigenvalue weighted by Gasteiger charge is -2.28. The lowest BCUT2D eigenvalue weighted by atomic mass is 10.1. The minimum atomic E-state index is -2.10. The molecule has 2 nitrogen and oxygen atoms in total. The first kappa shape index (κ1) is 20.2. The normalized spacial score (nSPS) is 13.8. The maximum atomic E-state index is 12.6. The Hall–Kier alpha value is -2.67. The van der Waals surface area contributed by atoms with Crippen molar-refractivity contribution in [3.63, 3.8) is 0 Å². The monoisotopic (exact) mass is 444 g/mol. The van der Waals surface area contributed by atoms with Gasteiger partial charge in [-0.1, -0.05) is 66.2 Å². The molecule has 5 rings (SSSR count). The van der Waals surface area contributed by atoms with E-state index in [-0.39, 0.29) is 5.56 Å². The second-order valence-corrected chi connectivity index (χ2v) is 12.0. The van der Waals surface area contributed by atoms with Crippen LogP contribution in [0.1, 0.15) is 29.9 Å². The highest BCUT2D eigenvalue weighted by atomic mass is 35.5. The second-order valence-electron chi connectivity index (χ2n) is 8.11. The van der Waals surface area contributed by atoms with Gasteiger partial charge < -0.3 is 4.98 Å². The molecular formula is C27H24ClNOP+. The molecule has 0 unspecified atom stereocenters. The fourth-order valence-electron chi connectivity index (χ4n) is 4.48. The number of hydrogen-bond acceptors (Lipinski definition) is 1. The summed E-state index contributed by atoms with van der Waals surface area (Å²) in [6.45, 7) is 0. The fourth-order valence-corrected chi connectivity index (χ4v) is 9.11. The number of pyridine rings is 1. The summed E-state index contributed by atoms with van der Waals surface area (Å²) in [6, 6.07) is 32.2. The van der Waals surface area contributed by atoms with Crippen LogP contribution < -0.4 is 21.5 Å². The van der Waals surface area contributed by atoms with Crippen molar-refractivity contribution in [3.05, 3.63) is 124 Å². The van der Waals surface area contributed by atoms with Gasteiger partial charge in [0.15, 0.2) is 0 Å². The Kier molecular flexibility index (Phi) is 5.52. The molecule has 0 atom stereocenters. The van der Waals surface area contributed by atoms with Crippen molar-refractivity contribution in [1.29, 1.82) is 0 Å². The quantitative estimate of drug-likeness (QED) is 0.397. The molecule has 4 heteroatoms. The molecule has 0 amide bonds. The number of halogens is 1. The molecule has 1 aromatic heterocycles. The predicted octanol–water partition coefficient (Wildman–Crippen LogP) is 5.40. The number of rotatable bonds is 6. The Bertz CT molecular complexity index is 1140. The van der Waals surface area contributed by atoms with Crippen molar-refractivity contribution in [2.45, 2.75) is 24.9 Å². The molecule has 1 saturated carbocycles. The fraction of sp³-hybridized carbons (Fsp3) is 0.148. The molecule has 1 fully saturated rings. The summed E-state index contributed by atoms with van der Waals surface area (Å²) in [6.07, 6.45) is 4.95. The Labute approximate surface area is 188 Å². The minimum Gasteiger partial charge on any atom is -0.328 e. The Morgan fingerprint density at radius 3 is 1.65 bits per heavy atom. The standard InChI is InChI=1S/C27H23ClNOP/c28-26-25(24(20-16-17-20)18-29-27(26)30)19-31(21-10-4-1-5-11-21,22-12-6-2-7-13-22)23-14-8-3-9-15-23/h1-15,18,20H,16-17,19H2/p+1. The zero-order valence-electron chi connectivity index (χ0n) is 17.2. The van der Waals surface area contributed by atoms with Gasteiger partial charge in [-0.2, -0.15) is 0 Å². The van der Waals surface area contributed by atoms with E-state index in [4.69, 9.17) is 11.6 Å². The average molecular weight is 445 g/mol. The molecule has 0 aliphatic heterocycles. The van der Waals surface area contributed by atoms with Crippen molar-refractivity contribution in [1.82, 2.24) is 4.98 Å². The van der Waals surface area contributed by atoms with Gasteiger partial charge in [-0.3, -0.25) is 4.79 Å². The molecule has 1 aliphatic rings. The number of aromatic nitrogens is 1. The van der Waals surface area contributed by atoms with Gasteiger partial charge in [0.05, 0.1) is 0 Å². The van der Waals surface area contributed by atoms with Gasteiger partial charge in [0.1, 0.15) is 34.4 Å². The summed E-state index contributed by atoms with van der Waals surface area (Å²) in [5.74, 6) is 0.494. The lowest BCUT2D eigenvalue weighted by Crippen LogP contribution is -2.33. The van der Waals surface area contributed by atoms with Crippen molar-refractivity contribution in [2.24, 2.45) is 0 Å². The molecule has 1 N–H and O–H groups in total. The molecule has 1 aliphatic carbocycles. The SMILES string of the molecule is O=c1[nH]cc(C2CC2)c(C[P+](c2ccccc2)(c2ccccc2)c2ccccc2)c1Cl. The van der Waals surface area contributed by atoms with Crippen molar-refractivity contribution >= 4 is 34.8 Å². The van der Waals surface area contributed by atoms with E-state index in [9.17, 15) is 4.79 Å². The molecule has 0 saturated heterocycles. The number of aromatic amines is 1. The number of nitrogens with one attached hydrogen (secondary N) is 1. The van der Waals surface area contributed by atoms with Crippen molar-refractivity contribution in [2.75, 3.05) is 0 Å². The van der Waals surface area contributed by atoms with E-state index < -0.39 is 7.26 Å². The van der Waals surface area contributed by atoms with E-state index in [1.807, 2.05) is 6.20 Å². The van der Waals surface area contributed by atoms with Crippen LogP contribution in [0.25, 0.3) is 0 Å². The molecular weight excluding hydrogens is 421 g/mol. The zero-order chi connectivity index (χ0) is 21.3. The van der Waals surface area contributed by atoms with Crippen molar-refractivity contribution < 1.29 is 0 Å². The summed E-state index contributed by atoms with van der Waals surface area (Å²) < 4.78 is 0. The smallest absolute Gasteiger partial charge is 0.267 e. The van der Waals surface area contributed by atoms with Crippen LogP contribution in [0.4, 0.5) is 0 Å². The Balaban J connectivity index is 1.82. The molecule has 154 valence electrons. The van der Waals surface area contributed by atoms with Crippen LogP contribution in [-0.4, -0.2) is 4.98 Å². The topological polar surface area (TPSA) is 32.9 Å². The first-order chi connectivity index (χ1) is 15.2. The van der Waals surface area contributed by atoms with Crippen LogP contribution in [0.15, 0.2) is 102 Å². The highest BCUT2D eigenvalue weighted by molar-refractivity contribution is 7.95. The molecule has 0 bridgehead atoms. The second kappa shape index (κ2) is 8.46. The van der Waals surface area contributed by atoms with Gasteiger partial charge in [-0.15, -0.1) is 0 Å². The van der Waals surface area contributed by atoms with Crippen LogP contribution in [-0.2, 0) is 6.16 Å². The van der Waals surface area contributed by atoms with Crippen LogP contribution >= 0.6 is 18.9 Å².